The Kier molecular flexibility index (Phi) is 3.49. The molecular weight excluding hydrogens is 242 g/mol. The van der Waals surface area contributed by atoms with E-state index in [1.165, 1.54) is 0 Å². The fourth-order valence-electron chi connectivity index (χ4n) is 2.09. The SMILES string of the molecule is C[C@H]1CN(c2cccc(Cl)c2[N+](=O)[O-])CCN1. The van der Waals surface area contributed by atoms with Gasteiger partial charge in [-0.2, -0.15) is 0 Å². The number of nitrogens with one attached hydrogen (secondary N) is 1. The molecule has 2 rings (SSSR count). The zero-order valence-corrected chi connectivity index (χ0v) is 10.3. The maximum atomic E-state index is 11.0. The van der Waals surface area contributed by atoms with E-state index < -0.39 is 4.92 Å². The Morgan fingerprint density at radius 3 is 3.00 bits per heavy atom. The summed E-state index contributed by atoms with van der Waals surface area (Å²) in [4.78, 5) is 12.6. The van der Waals surface area contributed by atoms with Gasteiger partial charge in [0.2, 0.25) is 0 Å². The van der Waals surface area contributed by atoms with Gasteiger partial charge in [0.05, 0.1) is 4.92 Å². The summed E-state index contributed by atoms with van der Waals surface area (Å²) >= 11 is 5.90. The van der Waals surface area contributed by atoms with E-state index >= 15 is 0 Å². The van der Waals surface area contributed by atoms with Crippen molar-refractivity contribution in [2.75, 3.05) is 24.5 Å². The van der Waals surface area contributed by atoms with Crippen LogP contribution in [-0.2, 0) is 0 Å². The van der Waals surface area contributed by atoms with Crippen LogP contribution in [0.5, 0.6) is 0 Å². The number of para-hydroxylation sites is 1. The van der Waals surface area contributed by atoms with E-state index in [9.17, 15) is 10.1 Å². The number of hydrogen-bond acceptors (Lipinski definition) is 4. The first kappa shape index (κ1) is 12.1. The first-order chi connectivity index (χ1) is 8.09. The van der Waals surface area contributed by atoms with Crippen molar-refractivity contribution in [2.45, 2.75) is 13.0 Å². The average Bonchev–Trinajstić information content (AvgIpc) is 2.28. The van der Waals surface area contributed by atoms with Crippen LogP contribution in [0.15, 0.2) is 18.2 Å². The van der Waals surface area contributed by atoms with Crippen molar-refractivity contribution in [3.8, 4) is 0 Å². The summed E-state index contributed by atoms with van der Waals surface area (Å²) in [5.41, 5.74) is 0.610. The van der Waals surface area contributed by atoms with Gasteiger partial charge < -0.3 is 10.2 Å². The summed E-state index contributed by atoms with van der Waals surface area (Å²) in [6, 6.07) is 5.37. The van der Waals surface area contributed by atoms with Crippen molar-refractivity contribution in [1.82, 2.24) is 5.32 Å². The average molecular weight is 256 g/mol. The normalized spacial score (nSPS) is 20.4. The van der Waals surface area contributed by atoms with Crippen molar-refractivity contribution < 1.29 is 4.92 Å². The molecule has 1 saturated heterocycles. The molecule has 1 fully saturated rings. The lowest BCUT2D eigenvalue weighted by Gasteiger charge is -2.33. The minimum atomic E-state index is -0.412. The second-order valence-electron chi connectivity index (χ2n) is 4.17. The van der Waals surface area contributed by atoms with E-state index in [0.29, 0.717) is 11.7 Å². The second-order valence-corrected chi connectivity index (χ2v) is 4.57. The smallest absolute Gasteiger partial charge is 0.310 e. The molecule has 1 aromatic carbocycles. The maximum absolute atomic E-state index is 11.0. The van der Waals surface area contributed by atoms with E-state index in [1.807, 2.05) is 4.90 Å². The lowest BCUT2D eigenvalue weighted by atomic mass is 10.2. The molecule has 0 radical (unpaired) electrons. The van der Waals surface area contributed by atoms with Gasteiger partial charge in [0, 0.05) is 25.7 Å². The fourth-order valence-corrected chi connectivity index (χ4v) is 2.33. The molecule has 1 aliphatic heterocycles. The Labute approximate surface area is 105 Å². The Morgan fingerprint density at radius 2 is 2.35 bits per heavy atom. The number of nitro benzene ring substituents is 1. The third-order valence-corrected chi connectivity index (χ3v) is 3.16. The Bertz CT molecular complexity index is 439. The molecule has 0 spiro atoms. The van der Waals surface area contributed by atoms with Crippen LogP contribution in [0, 0.1) is 10.1 Å². The Morgan fingerprint density at radius 1 is 1.59 bits per heavy atom. The number of halogens is 1. The van der Waals surface area contributed by atoms with Crippen molar-refractivity contribution in [3.05, 3.63) is 33.3 Å². The van der Waals surface area contributed by atoms with Crippen LogP contribution in [-0.4, -0.2) is 30.6 Å². The highest BCUT2D eigenvalue weighted by atomic mass is 35.5. The molecule has 0 aliphatic carbocycles. The number of anilines is 1. The van der Waals surface area contributed by atoms with E-state index in [1.54, 1.807) is 18.2 Å². The topological polar surface area (TPSA) is 58.4 Å². The molecule has 17 heavy (non-hydrogen) atoms. The molecule has 1 heterocycles. The molecule has 1 N–H and O–H groups in total. The number of piperazine rings is 1. The van der Waals surface area contributed by atoms with Gasteiger partial charge in [-0.3, -0.25) is 10.1 Å². The summed E-state index contributed by atoms with van der Waals surface area (Å²) < 4.78 is 0. The highest BCUT2D eigenvalue weighted by Crippen LogP contribution is 2.35. The van der Waals surface area contributed by atoms with Gasteiger partial charge in [-0.25, -0.2) is 0 Å². The summed E-state index contributed by atoms with van der Waals surface area (Å²) in [6.07, 6.45) is 0. The quantitative estimate of drug-likeness (QED) is 0.649. The fraction of sp³-hybridized carbons (Fsp3) is 0.455. The molecule has 0 aromatic heterocycles. The van der Waals surface area contributed by atoms with Crippen LogP contribution in [0.2, 0.25) is 5.02 Å². The monoisotopic (exact) mass is 255 g/mol. The van der Waals surface area contributed by atoms with Gasteiger partial charge in [-0.15, -0.1) is 0 Å². The molecule has 1 atom stereocenters. The molecule has 0 saturated carbocycles. The summed E-state index contributed by atoms with van der Waals surface area (Å²) in [7, 11) is 0. The van der Waals surface area contributed by atoms with E-state index in [4.69, 9.17) is 11.6 Å². The van der Waals surface area contributed by atoms with Gasteiger partial charge in [-0.05, 0) is 19.1 Å². The van der Waals surface area contributed by atoms with Crippen molar-refractivity contribution in [3.63, 3.8) is 0 Å². The van der Waals surface area contributed by atoms with Crippen molar-refractivity contribution in [2.24, 2.45) is 0 Å². The number of rotatable bonds is 2. The summed E-state index contributed by atoms with van der Waals surface area (Å²) in [6.45, 7) is 4.39. The predicted octanol–water partition coefficient (Wildman–Crippen LogP) is 2.05. The summed E-state index contributed by atoms with van der Waals surface area (Å²) in [5, 5.41) is 14.5. The lowest BCUT2D eigenvalue weighted by molar-refractivity contribution is -0.384. The molecule has 92 valence electrons. The molecule has 0 amide bonds. The third kappa shape index (κ3) is 2.50. The van der Waals surface area contributed by atoms with Crippen LogP contribution < -0.4 is 10.2 Å². The number of nitro groups is 1. The minimum Gasteiger partial charge on any atom is -0.363 e. The summed E-state index contributed by atoms with van der Waals surface area (Å²) in [5.74, 6) is 0. The standard InChI is InChI=1S/C11H14ClN3O2/c1-8-7-14(6-5-13-8)10-4-2-3-9(12)11(10)15(16)17/h2-4,8,13H,5-7H2,1H3/t8-/m0/s1. The predicted molar refractivity (Wildman–Crippen MR) is 67.8 cm³/mol. The first-order valence-corrected chi connectivity index (χ1v) is 5.88. The minimum absolute atomic E-state index is 0.00302. The highest BCUT2D eigenvalue weighted by Gasteiger charge is 2.25. The van der Waals surface area contributed by atoms with Crippen LogP contribution >= 0.6 is 11.6 Å². The highest BCUT2D eigenvalue weighted by molar-refractivity contribution is 6.33. The van der Waals surface area contributed by atoms with Crippen LogP contribution in [0.3, 0.4) is 0 Å². The van der Waals surface area contributed by atoms with E-state index in [0.717, 1.165) is 19.6 Å². The largest absolute Gasteiger partial charge is 0.363 e. The number of nitrogens with zero attached hydrogens (tertiary/aromatic N) is 2. The number of benzene rings is 1. The number of hydrogen-bond donors (Lipinski definition) is 1. The Balaban J connectivity index is 2.37. The molecule has 1 aliphatic rings. The van der Waals surface area contributed by atoms with E-state index in [-0.39, 0.29) is 10.7 Å². The van der Waals surface area contributed by atoms with Gasteiger partial charge in [0.15, 0.2) is 0 Å². The lowest BCUT2D eigenvalue weighted by Crippen LogP contribution is -2.49. The molecular formula is C11H14ClN3O2. The van der Waals surface area contributed by atoms with Crippen LogP contribution in [0.4, 0.5) is 11.4 Å². The van der Waals surface area contributed by atoms with E-state index in [2.05, 4.69) is 12.2 Å². The van der Waals surface area contributed by atoms with Crippen molar-refractivity contribution >= 4 is 23.0 Å². The van der Waals surface area contributed by atoms with Gasteiger partial charge in [0.1, 0.15) is 10.7 Å². The molecule has 5 nitrogen and oxygen atoms in total. The van der Waals surface area contributed by atoms with Gasteiger partial charge >= 0.3 is 5.69 Å². The van der Waals surface area contributed by atoms with Gasteiger partial charge in [-0.1, -0.05) is 17.7 Å². The maximum Gasteiger partial charge on any atom is 0.310 e. The third-order valence-electron chi connectivity index (χ3n) is 2.86. The van der Waals surface area contributed by atoms with Crippen LogP contribution in [0.25, 0.3) is 0 Å². The second kappa shape index (κ2) is 4.89. The van der Waals surface area contributed by atoms with Crippen molar-refractivity contribution in [1.29, 1.82) is 0 Å². The molecule has 1 aromatic rings. The molecule has 0 bridgehead atoms. The first-order valence-electron chi connectivity index (χ1n) is 5.51. The van der Waals surface area contributed by atoms with Gasteiger partial charge in [0.25, 0.3) is 0 Å². The molecule has 0 unspecified atom stereocenters. The zero-order chi connectivity index (χ0) is 12.4. The Hall–Kier alpha value is -1.33. The zero-order valence-electron chi connectivity index (χ0n) is 9.52. The molecule has 6 heteroatoms. The van der Waals surface area contributed by atoms with Crippen LogP contribution in [0.1, 0.15) is 6.92 Å².